The molecule has 1 amide bonds. The Morgan fingerprint density at radius 2 is 1.57 bits per heavy atom. The number of benzene rings is 1. The predicted molar refractivity (Wildman–Crippen MR) is 105 cm³/mol. The molecule has 5 nitrogen and oxygen atoms in total. The summed E-state index contributed by atoms with van der Waals surface area (Å²) >= 11 is 0. The second-order valence-corrected chi connectivity index (χ2v) is 8.06. The number of rotatable bonds is 2. The van der Waals surface area contributed by atoms with Gasteiger partial charge in [0.25, 0.3) is 0 Å². The number of hydrogen-bond acceptors (Lipinski definition) is 4. The molecule has 3 rings (SSSR count). The minimum absolute atomic E-state index is 0.160. The van der Waals surface area contributed by atoms with Crippen molar-refractivity contribution >= 4 is 11.9 Å². The summed E-state index contributed by atoms with van der Waals surface area (Å²) in [5.74, 6) is -0.310. The van der Waals surface area contributed by atoms with Crippen LogP contribution in [0, 0.1) is 5.82 Å². The van der Waals surface area contributed by atoms with Gasteiger partial charge in [0.2, 0.25) is 0 Å². The molecule has 1 saturated heterocycles. The van der Waals surface area contributed by atoms with Gasteiger partial charge in [-0.2, -0.15) is 13.2 Å². The summed E-state index contributed by atoms with van der Waals surface area (Å²) in [5.41, 5.74) is -0.894. The number of carbonyl (C=O) groups excluding carboxylic acids is 1. The first-order valence-corrected chi connectivity index (χ1v) is 9.50. The molecule has 1 aliphatic rings. The molecule has 0 N–H and O–H groups in total. The molecule has 0 aliphatic carbocycles. The normalized spacial score (nSPS) is 15.3. The third-order valence-corrected chi connectivity index (χ3v) is 4.54. The Hall–Kier alpha value is -2.84. The highest BCUT2D eigenvalue weighted by molar-refractivity contribution is 5.70. The summed E-state index contributed by atoms with van der Waals surface area (Å²) in [6.07, 6.45) is -5.07. The van der Waals surface area contributed by atoms with Crippen LogP contribution in [0.25, 0.3) is 11.1 Å². The third-order valence-electron chi connectivity index (χ3n) is 4.54. The van der Waals surface area contributed by atoms with E-state index >= 15 is 0 Å². The number of nitrogens with zero attached hydrogens (tertiary/aromatic N) is 3. The Morgan fingerprint density at radius 1 is 0.967 bits per heavy atom. The number of pyridine rings is 1. The minimum atomic E-state index is -4.62. The van der Waals surface area contributed by atoms with Gasteiger partial charge in [-0.1, -0.05) is 12.1 Å². The second-order valence-electron chi connectivity index (χ2n) is 8.06. The maximum absolute atomic E-state index is 13.4. The molecule has 0 atom stereocenters. The third kappa shape index (κ3) is 5.40. The first-order chi connectivity index (χ1) is 13.9. The van der Waals surface area contributed by atoms with Crippen molar-refractivity contribution in [2.75, 3.05) is 31.1 Å². The summed E-state index contributed by atoms with van der Waals surface area (Å²) in [7, 11) is 0. The molecule has 0 radical (unpaired) electrons. The zero-order valence-corrected chi connectivity index (χ0v) is 17.0. The smallest absolute Gasteiger partial charge is 0.433 e. The first-order valence-electron chi connectivity index (χ1n) is 9.50. The number of amides is 1. The zero-order valence-electron chi connectivity index (χ0n) is 17.0. The number of hydrogen-bond donors (Lipinski definition) is 0. The molecular weight excluding hydrogens is 402 g/mol. The van der Waals surface area contributed by atoms with E-state index in [0.717, 1.165) is 6.07 Å². The van der Waals surface area contributed by atoms with Crippen LogP contribution in [0.15, 0.2) is 36.4 Å². The molecule has 2 aromatic rings. The van der Waals surface area contributed by atoms with E-state index in [1.54, 1.807) is 31.7 Å². The van der Waals surface area contributed by atoms with Crippen molar-refractivity contribution in [3.8, 4) is 11.1 Å². The van der Waals surface area contributed by atoms with Gasteiger partial charge >= 0.3 is 12.3 Å². The van der Waals surface area contributed by atoms with Crippen LogP contribution >= 0.6 is 0 Å². The number of piperazine rings is 1. The first kappa shape index (κ1) is 21.9. The van der Waals surface area contributed by atoms with Crippen LogP contribution in [0.2, 0.25) is 0 Å². The molecule has 2 heterocycles. The fraction of sp³-hybridized carbons (Fsp3) is 0.429. The monoisotopic (exact) mass is 425 g/mol. The van der Waals surface area contributed by atoms with E-state index in [1.165, 1.54) is 29.2 Å². The van der Waals surface area contributed by atoms with E-state index in [1.807, 2.05) is 0 Å². The molecule has 0 unspecified atom stereocenters. The molecule has 9 heteroatoms. The van der Waals surface area contributed by atoms with Crippen molar-refractivity contribution in [2.24, 2.45) is 0 Å². The van der Waals surface area contributed by atoms with E-state index in [2.05, 4.69) is 4.98 Å². The minimum Gasteiger partial charge on any atom is -0.444 e. The highest BCUT2D eigenvalue weighted by atomic mass is 19.4. The van der Waals surface area contributed by atoms with E-state index < -0.39 is 29.4 Å². The Bertz CT molecular complexity index is 900. The largest absolute Gasteiger partial charge is 0.444 e. The number of halogens is 4. The van der Waals surface area contributed by atoms with E-state index in [0.29, 0.717) is 37.3 Å². The summed E-state index contributed by atoms with van der Waals surface area (Å²) < 4.78 is 58.8. The van der Waals surface area contributed by atoms with Gasteiger partial charge in [0, 0.05) is 26.2 Å². The molecule has 1 fully saturated rings. The lowest BCUT2D eigenvalue weighted by molar-refractivity contribution is -0.141. The van der Waals surface area contributed by atoms with Gasteiger partial charge in [0.15, 0.2) is 0 Å². The highest BCUT2D eigenvalue weighted by Crippen LogP contribution is 2.34. The summed E-state index contributed by atoms with van der Waals surface area (Å²) in [6.45, 7) is 6.55. The summed E-state index contributed by atoms with van der Waals surface area (Å²) in [4.78, 5) is 19.2. The SMILES string of the molecule is CC(C)(C)OC(=O)N1CCN(c2cc(-c3ccc(F)cc3)cc(C(F)(F)F)n2)CC1. The predicted octanol–water partition coefficient (Wildman–Crippen LogP) is 4.96. The molecular formula is C21H23F4N3O2. The summed E-state index contributed by atoms with van der Waals surface area (Å²) in [6, 6.07) is 7.74. The fourth-order valence-corrected chi connectivity index (χ4v) is 3.08. The molecule has 1 aliphatic heterocycles. The number of aromatic nitrogens is 1. The fourth-order valence-electron chi connectivity index (χ4n) is 3.08. The topological polar surface area (TPSA) is 45.7 Å². The van der Waals surface area contributed by atoms with Crippen molar-refractivity contribution in [1.29, 1.82) is 0 Å². The van der Waals surface area contributed by atoms with Crippen LogP contribution in [0.4, 0.5) is 28.2 Å². The van der Waals surface area contributed by atoms with Crippen LogP contribution in [0.1, 0.15) is 26.5 Å². The lowest BCUT2D eigenvalue weighted by atomic mass is 10.1. The second kappa shape index (κ2) is 8.12. The molecule has 162 valence electrons. The Kier molecular flexibility index (Phi) is 5.92. The van der Waals surface area contributed by atoms with Gasteiger partial charge in [-0.15, -0.1) is 0 Å². The van der Waals surface area contributed by atoms with Crippen molar-refractivity contribution in [2.45, 2.75) is 32.5 Å². The van der Waals surface area contributed by atoms with E-state index in [-0.39, 0.29) is 5.82 Å². The standard InChI is InChI=1S/C21H23F4N3O2/c1-20(2,3)30-19(29)28-10-8-27(9-11-28)18-13-15(12-17(26-18)21(23,24)25)14-4-6-16(22)7-5-14/h4-7,12-13H,8-11H2,1-3H3. The average Bonchev–Trinajstić information content (AvgIpc) is 2.66. The summed E-state index contributed by atoms with van der Waals surface area (Å²) in [5, 5.41) is 0. The quantitative estimate of drug-likeness (QED) is 0.638. The zero-order chi connectivity index (χ0) is 22.1. The van der Waals surface area contributed by atoms with Crippen LogP contribution in [-0.2, 0) is 10.9 Å². The molecule has 0 spiro atoms. The maximum Gasteiger partial charge on any atom is 0.433 e. The lowest BCUT2D eigenvalue weighted by Gasteiger charge is -2.36. The number of carbonyl (C=O) groups is 1. The van der Waals surface area contributed by atoms with Gasteiger partial charge in [-0.3, -0.25) is 0 Å². The van der Waals surface area contributed by atoms with Gasteiger partial charge < -0.3 is 14.5 Å². The number of anilines is 1. The Labute approximate surface area is 172 Å². The highest BCUT2D eigenvalue weighted by Gasteiger charge is 2.34. The molecule has 30 heavy (non-hydrogen) atoms. The molecule has 0 bridgehead atoms. The molecule has 1 aromatic carbocycles. The van der Waals surface area contributed by atoms with Gasteiger partial charge in [0.05, 0.1) is 0 Å². The van der Waals surface area contributed by atoms with Crippen molar-refractivity contribution in [1.82, 2.24) is 9.88 Å². The maximum atomic E-state index is 13.4. The van der Waals surface area contributed by atoms with Crippen molar-refractivity contribution in [3.05, 3.63) is 47.9 Å². The van der Waals surface area contributed by atoms with Crippen molar-refractivity contribution in [3.63, 3.8) is 0 Å². The van der Waals surface area contributed by atoms with E-state index in [9.17, 15) is 22.4 Å². The van der Waals surface area contributed by atoms with Gasteiger partial charge in [-0.25, -0.2) is 14.2 Å². The Balaban J connectivity index is 1.83. The van der Waals surface area contributed by atoms with Crippen LogP contribution in [0.3, 0.4) is 0 Å². The van der Waals surface area contributed by atoms with Crippen molar-refractivity contribution < 1.29 is 27.1 Å². The van der Waals surface area contributed by atoms with E-state index in [4.69, 9.17) is 4.74 Å². The van der Waals surface area contributed by atoms with Gasteiger partial charge in [0.1, 0.15) is 22.9 Å². The number of ether oxygens (including phenoxy) is 1. The van der Waals surface area contributed by atoms with Crippen LogP contribution < -0.4 is 4.90 Å². The van der Waals surface area contributed by atoms with Crippen LogP contribution in [0.5, 0.6) is 0 Å². The van der Waals surface area contributed by atoms with Gasteiger partial charge in [-0.05, 0) is 56.2 Å². The average molecular weight is 425 g/mol. The number of alkyl halides is 3. The molecule has 1 aromatic heterocycles. The van der Waals surface area contributed by atoms with Crippen LogP contribution in [-0.4, -0.2) is 47.8 Å². The lowest BCUT2D eigenvalue weighted by Crippen LogP contribution is -2.50. The molecule has 0 saturated carbocycles. The Morgan fingerprint density at radius 3 is 2.10 bits per heavy atom.